The van der Waals surface area contributed by atoms with Crippen molar-refractivity contribution in [1.82, 2.24) is 20.1 Å². The fourth-order valence-electron chi connectivity index (χ4n) is 2.67. The minimum absolute atomic E-state index is 0.112. The molecule has 0 aliphatic carbocycles. The fourth-order valence-corrected chi connectivity index (χ4v) is 2.67. The summed E-state index contributed by atoms with van der Waals surface area (Å²) in [6, 6.07) is 0. The molecule has 0 bridgehead atoms. The Bertz CT molecular complexity index is 470. The van der Waals surface area contributed by atoms with Gasteiger partial charge in [0.1, 0.15) is 0 Å². The molecule has 1 aromatic heterocycles. The maximum Gasteiger partial charge on any atom is 0.243 e. The summed E-state index contributed by atoms with van der Waals surface area (Å²) in [5.41, 5.74) is 1.65. The van der Waals surface area contributed by atoms with Crippen molar-refractivity contribution in [1.29, 1.82) is 0 Å². The van der Waals surface area contributed by atoms with Crippen molar-refractivity contribution in [2.24, 2.45) is 0 Å². The van der Waals surface area contributed by atoms with Gasteiger partial charge in [0.05, 0.1) is 43.4 Å². The zero-order valence-corrected chi connectivity index (χ0v) is 12.1. The van der Waals surface area contributed by atoms with Crippen molar-refractivity contribution in [2.45, 2.75) is 19.4 Å². The Balaban J connectivity index is 1.70. The van der Waals surface area contributed by atoms with E-state index in [9.17, 15) is 0 Å². The Morgan fingerprint density at radius 1 is 1.10 bits per heavy atom. The van der Waals surface area contributed by atoms with E-state index in [1.807, 2.05) is 13.8 Å². The zero-order chi connectivity index (χ0) is 14.0. The van der Waals surface area contributed by atoms with E-state index in [0.717, 1.165) is 37.7 Å². The van der Waals surface area contributed by atoms with Gasteiger partial charge in [-0.25, -0.2) is 4.98 Å². The van der Waals surface area contributed by atoms with Crippen molar-refractivity contribution < 1.29 is 9.47 Å². The number of hydrogen-bond acceptors (Lipinski definition) is 7. The van der Waals surface area contributed by atoms with Gasteiger partial charge in [0.25, 0.3) is 0 Å². The molecule has 0 spiro atoms. The highest BCUT2D eigenvalue weighted by atomic mass is 16.5. The summed E-state index contributed by atoms with van der Waals surface area (Å²) < 4.78 is 11.3. The van der Waals surface area contributed by atoms with Crippen molar-refractivity contribution in [3.8, 4) is 0 Å². The molecule has 2 aliphatic heterocycles. The maximum absolute atomic E-state index is 5.66. The number of morpholine rings is 2. The van der Waals surface area contributed by atoms with Crippen LogP contribution in [0, 0.1) is 13.8 Å². The van der Waals surface area contributed by atoms with Crippen LogP contribution in [0.3, 0.4) is 0 Å². The summed E-state index contributed by atoms with van der Waals surface area (Å²) in [5, 5.41) is 11.5. The number of aromatic nitrogens is 3. The quantitative estimate of drug-likeness (QED) is 0.835. The number of fused-ring (bicyclic) bond motifs is 1. The molecule has 1 aromatic rings. The van der Waals surface area contributed by atoms with Crippen molar-refractivity contribution in [3.05, 3.63) is 11.4 Å². The number of nitrogens with one attached hydrogen (secondary N) is 1. The number of anilines is 1. The van der Waals surface area contributed by atoms with Crippen LogP contribution in [0.1, 0.15) is 11.4 Å². The maximum atomic E-state index is 5.66. The smallest absolute Gasteiger partial charge is 0.243 e. The lowest BCUT2D eigenvalue weighted by Gasteiger charge is -2.49. The first kappa shape index (κ1) is 13.7. The first-order chi connectivity index (χ1) is 9.70. The highest BCUT2D eigenvalue weighted by Crippen LogP contribution is 2.24. The normalized spacial score (nSPS) is 22.3. The van der Waals surface area contributed by atoms with Crippen LogP contribution in [-0.4, -0.2) is 71.7 Å². The summed E-state index contributed by atoms with van der Waals surface area (Å²) in [5.74, 6) is 0.568. The first-order valence-corrected chi connectivity index (χ1v) is 7.02. The average molecular weight is 279 g/mol. The van der Waals surface area contributed by atoms with E-state index in [2.05, 4.69) is 25.4 Å². The molecule has 0 unspecified atom stereocenters. The lowest BCUT2D eigenvalue weighted by Crippen LogP contribution is -2.66. The van der Waals surface area contributed by atoms with Gasteiger partial charge in [-0.2, -0.15) is 5.10 Å². The third kappa shape index (κ3) is 2.61. The zero-order valence-electron chi connectivity index (χ0n) is 12.1. The third-order valence-electron chi connectivity index (χ3n) is 4.09. The molecule has 3 rings (SSSR count). The van der Waals surface area contributed by atoms with Gasteiger partial charge in [-0.05, 0) is 13.8 Å². The number of hydrogen-bond donors (Lipinski definition) is 1. The molecular formula is C13H21N5O2. The molecule has 0 radical (unpaired) electrons. The Kier molecular flexibility index (Phi) is 3.82. The predicted octanol–water partition coefficient (Wildman–Crippen LogP) is 0.00154. The Labute approximate surface area is 118 Å². The van der Waals surface area contributed by atoms with Gasteiger partial charge in [-0.3, -0.25) is 4.90 Å². The van der Waals surface area contributed by atoms with Gasteiger partial charge in [0, 0.05) is 19.6 Å². The van der Waals surface area contributed by atoms with Crippen LogP contribution in [0.25, 0.3) is 0 Å². The highest BCUT2D eigenvalue weighted by Gasteiger charge is 2.42. The standard InChI is InChI=1S/C13H21N5O2/c1-10-11(2)16-17-12(15-10)14-7-13-8-19-5-3-18(13)4-6-20-9-13/h3-9H2,1-2H3,(H,14,15,17). The number of nitrogens with zero attached hydrogens (tertiary/aromatic N) is 4. The van der Waals surface area contributed by atoms with E-state index in [0.29, 0.717) is 25.7 Å². The molecule has 20 heavy (non-hydrogen) atoms. The van der Waals surface area contributed by atoms with E-state index < -0.39 is 0 Å². The van der Waals surface area contributed by atoms with Crippen molar-refractivity contribution >= 4 is 5.95 Å². The molecule has 2 aliphatic rings. The first-order valence-electron chi connectivity index (χ1n) is 7.02. The minimum Gasteiger partial charge on any atom is -0.378 e. The van der Waals surface area contributed by atoms with Crippen molar-refractivity contribution in [2.75, 3.05) is 51.4 Å². The van der Waals surface area contributed by atoms with E-state index in [1.165, 1.54) is 0 Å². The molecule has 1 N–H and O–H groups in total. The minimum atomic E-state index is -0.112. The molecule has 7 heteroatoms. The SMILES string of the molecule is Cc1nnc(NCC23COCCN2CCOC3)nc1C. The largest absolute Gasteiger partial charge is 0.378 e. The van der Waals surface area contributed by atoms with Crippen LogP contribution in [0.2, 0.25) is 0 Å². The molecule has 2 fully saturated rings. The van der Waals surface area contributed by atoms with Crippen molar-refractivity contribution in [3.63, 3.8) is 0 Å². The van der Waals surface area contributed by atoms with E-state index in [1.54, 1.807) is 0 Å². The molecule has 7 nitrogen and oxygen atoms in total. The molecule has 0 saturated carbocycles. The molecule has 0 aromatic carbocycles. The summed E-state index contributed by atoms with van der Waals surface area (Å²) in [6.45, 7) is 9.41. The van der Waals surface area contributed by atoms with E-state index >= 15 is 0 Å². The van der Waals surface area contributed by atoms with Gasteiger partial charge in [0.15, 0.2) is 0 Å². The van der Waals surface area contributed by atoms with Gasteiger partial charge < -0.3 is 14.8 Å². The Morgan fingerprint density at radius 2 is 1.80 bits per heavy atom. The van der Waals surface area contributed by atoms with E-state index in [4.69, 9.17) is 9.47 Å². The monoisotopic (exact) mass is 279 g/mol. The molecule has 0 amide bonds. The average Bonchev–Trinajstić information content (AvgIpc) is 2.48. The topological polar surface area (TPSA) is 72.4 Å². The fraction of sp³-hybridized carbons (Fsp3) is 0.769. The second kappa shape index (κ2) is 5.59. The molecule has 110 valence electrons. The second-order valence-corrected chi connectivity index (χ2v) is 5.48. The summed E-state index contributed by atoms with van der Waals surface area (Å²) >= 11 is 0. The molecule has 2 saturated heterocycles. The molecule has 0 atom stereocenters. The van der Waals surface area contributed by atoms with E-state index in [-0.39, 0.29) is 5.54 Å². The van der Waals surface area contributed by atoms with Gasteiger partial charge in [0.2, 0.25) is 5.95 Å². The highest BCUT2D eigenvalue weighted by molar-refractivity contribution is 5.26. The number of rotatable bonds is 3. The Morgan fingerprint density at radius 3 is 2.45 bits per heavy atom. The van der Waals surface area contributed by atoms with Crippen LogP contribution in [0.15, 0.2) is 0 Å². The molecular weight excluding hydrogens is 258 g/mol. The van der Waals surface area contributed by atoms with Crippen LogP contribution in [0.5, 0.6) is 0 Å². The number of aryl methyl sites for hydroxylation is 2. The third-order valence-corrected chi connectivity index (χ3v) is 4.09. The van der Waals surface area contributed by atoms with Crippen LogP contribution in [0.4, 0.5) is 5.95 Å². The predicted molar refractivity (Wildman–Crippen MR) is 73.7 cm³/mol. The summed E-state index contributed by atoms with van der Waals surface area (Å²) in [4.78, 5) is 6.85. The number of ether oxygens (including phenoxy) is 2. The lowest BCUT2D eigenvalue weighted by molar-refractivity contribution is -0.135. The van der Waals surface area contributed by atoms with Gasteiger partial charge in [-0.1, -0.05) is 0 Å². The van der Waals surface area contributed by atoms with Crippen LogP contribution in [-0.2, 0) is 9.47 Å². The lowest BCUT2D eigenvalue weighted by atomic mass is 9.96. The van der Waals surface area contributed by atoms with Gasteiger partial charge >= 0.3 is 0 Å². The summed E-state index contributed by atoms with van der Waals surface area (Å²) in [7, 11) is 0. The van der Waals surface area contributed by atoms with Crippen LogP contribution >= 0.6 is 0 Å². The molecule has 3 heterocycles. The van der Waals surface area contributed by atoms with Crippen LogP contribution < -0.4 is 5.32 Å². The summed E-state index contributed by atoms with van der Waals surface area (Å²) in [6.07, 6.45) is 0. The van der Waals surface area contributed by atoms with Gasteiger partial charge in [-0.15, -0.1) is 5.10 Å². The Hall–Kier alpha value is -1.31. The second-order valence-electron chi connectivity index (χ2n) is 5.48.